The van der Waals surface area contributed by atoms with E-state index in [9.17, 15) is 9.59 Å². The van der Waals surface area contributed by atoms with Crippen LogP contribution in [0.4, 0.5) is 5.69 Å². The number of anilines is 1. The number of amides is 1. The molecule has 1 saturated carbocycles. The summed E-state index contributed by atoms with van der Waals surface area (Å²) >= 11 is 0. The molecule has 2 unspecified atom stereocenters. The van der Waals surface area contributed by atoms with Crippen LogP contribution in [-0.4, -0.2) is 17.0 Å². The van der Waals surface area contributed by atoms with Crippen molar-refractivity contribution in [2.75, 3.05) is 5.32 Å². The lowest BCUT2D eigenvalue weighted by atomic mass is 10.0. The molecule has 4 heteroatoms. The summed E-state index contributed by atoms with van der Waals surface area (Å²) in [5.41, 5.74) is 1.97. The molecule has 0 radical (unpaired) electrons. The lowest BCUT2D eigenvalue weighted by Gasteiger charge is -2.07. The summed E-state index contributed by atoms with van der Waals surface area (Å²) in [5.74, 6) is -1.34. The molecule has 0 saturated heterocycles. The molecule has 2 rings (SSSR count). The van der Waals surface area contributed by atoms with Crippen molar-refractivity contribution in [1.82, 2.24) is 0 Å². The second-order valence-corrected chi connectivity index (χ2v) is 5.57. The van der Waals surface area contributed by atoms with E-state index < -0.39 is 11.9 Å². The molecule has 1 aliphatic rings. The highest BCUT2D eigenvalue weighted by Gasteiger charge is 2.48. The highest BCUT2D eigenvalue weighted by Crippen LogP contribution is 2.39. The molecule has 1 amide bonds. The van der Waals surface area contributed by atoms with E-state index in [1.54, 1.807) is 0 Å². The third kappa shape index (κ3) is 3.56. The molecule has 1 aromatic rings. The van der Waals surface area contributed by atoms with E-state index in [2.05, 4.69) is 19.2 Å². The molecule has 0 spiro atoms. The number of carbonyl (C=O) groups is 2. The van der Waals surface area contributed by atoms with Gasteiger partial charge in [0.2, 0.25) is 5.91 Å². The zero-order valence-corrected chi connectivity index (χ0v) is 11.2. The standard InChI is InChI=1S/C15H19NO3/c1-9(2)7-10-3-5-11(6-4-10)16-14(17)12-8-13(12)15(18)19/h3-6,9,12-13H,7-8H2,1-2H3,(H,16,17)(H,18,19). The molecule has 1 fully saturated rings. The molecule has 4 nitrogen and oxygen atoms in total. The maximum Gasteiger partial charge on any atom is 0.307 e. The van der Waals surface area contributed by atoms with Crippen molar-refractivity contribution in [3.8, 4) is 0 Å². The Morgan fingerprint density at radius 3 is 2.37 bits per heavy atom. The fourth-order valence-electron chi connectivity index (χ4n) is 2.19. The first-order valence-electron chi connectivity index (χ1n) is 6.60. The Hall–Kier alpha value is -1.84. The summed E-state index contributed by atoms with van der Waals surface area (Å²) in [6, 6.07) is 7.73. The fourth-order valence-corrected chi connectivity index (χ4v) is 2.19. The molecule has 0 aliphatic heterocycles. The topological polar surface area (TPSA) is 66.4 Å². The smallest absolute Gasteiger partial charge is 0.307 e. The number of hydrogen-bond acceptors (Lipinski definition) is 2. The van der Waals surface area contributed by atoms with E-state index in [0.717, 1.165) is 12.1 Å². The van der Waals surface area contributed by atoms with Gasteiger partial charge in [0, 0.05) is 5.69 Å². The Morgan fingerprint density at radius 1 is 1.26 bits per heavy atom. The summed E-state index contributed by atoms with van der Waals surface area (Å²) in [6.45, 7) is 4.32. The first-order chi connectivity index (χ1) is 8.97. The van der Waals surface area contributed by atoms with Crippen LogP contribution in [0.3, 0.4) is 0 Å². The molecule has 1 aromatic carbocycles. The van der Waals surface area contributed by atoms with E-state index in [1.165, 1.54) is 5.56 Å². The summed E-state index contributed by atoms with van der Waals surface area (Å²) in [7, 11) is 0. The molecule has 2 atom stereocenters. The van der Waals surface area contributed by atoms with Gasteiger partial charge in [0.05, 0.1) is 11.8 Å². The van der Waals surface area contributed by atoms with Crippen LogP contribution in [0, 0.1) is 17.8 Å². The number of carboxylic acids is 1. The van der Waals surface area contributed by atoms with E-state index in [0.29, 0.717) is 12.3 Å². The Bertz CT molecular complexity index is 479. The number of hydrogen-bond donors (Lipinski definition) is 2. The van der Waals surface area contributed by atoms with Gasteiger partial charge in [-0.2, -0.15) is 0 Å². The average molecular weight is 261 g/mol. The van der Waals surface area contributed by atoms with Crippen LogP contribution in [0.2, 0.25) is 0 Å². The zero-order valence-electron chi connectivity index (χ0n) is 11.2. The third-order valence-corrected chi connectivity index (χ3v) is 3.31. The summed E-state index contributed by atoms with van der Waals surface area (Å²) in [5, 5.41) is 11.5. The molecular formula is C15H19NO3. The maximum atomic E-state index is 11.8. The van der Waals surface area contributed by atoms with Gasteiger partial charge in [0.15, 0.2) is 0 Å². The number of benzene rings is 1. The number of carbonyl (C=O) groups excluding carboxylic acids is 1. The van der Waals surface area contributed by atoms with Crippen molar-refractivity contribution in [2.24, 2.45) is 17.8 Å². The van der Waals surface area contributed by atoms with E-state index in [4.69, 9.17) is 5.11 Å². The predicted molar refractivity (Wildman–Crippen MR) is 72.8 cm³/mol. The number of nitrogens with one attached hydrogen (secondary N) is 1. The van der Waals surface area contributed by atoms with Crippen molar-refractivity contribution in [2.45, 2.75) is 26.7 Å². The van der Waals surface area contributed by atoms with Crippen LogP contribution in [0.15, 0.2) is 24.3 Å². The quantitative estimate of drug-likeness (QED) is 0.856. The van der Waals surface area contributed by atoms with Gasteiger partial charge in [-0.3, -0.25) is 9.59 Å². The second-order valence-electron chi connectivity index (χ2n) is 5.57. The first-order valence-corrected chi connectivity index (χ1v) is 6.60. The SMILES string of the molecule is CC(C)Cc1ccc(NC(=O)C2CC2C(=O)O)cc1. The molecular weight excluding hydrogens is 242 g/mol. The van der Waals surface area contributed by atoms with E-state index in [1.807, 2.05) is 24.3 Å². The van der Waals surface area contributed by atoms with Crippen molar-refractivity contribution in [3.63, 3.8) is 0 Å². The van der Waals surface area contributed by atoms with E-state index in [-0.39, 0.29) is 11.8 Å². The highest BCUT2D eigenvalue weighted by atomic mass is 16.4. The van der Waals surface area contributed by atoms with Gasteiger partial charge in [-0.05, 0) is 36.5 Å². The second kappa shape index (κ2) is 5.43. The molecule has 0 aromatic heterocycles. The van der Waals surface area contributed by atoms with Gasteiger partial charge in [-0.25, -0.2) is 0 Å². The minimum Gasteiger partial charge on any atom is -0.481 e. The monoisotopic (exact) mass is 261 g/mol. The van der Waals surface area contributed by atoms with Crippen LogP contribution >= 0.6 is 0 Å². The Balaban J connectivity index is 1.90. The normalized spacial score (nSPS) is 21.2. The third-order valence-electron chi connectivity index (χ3n) is 3.31. The number of aliphatic carboxylic acids is 1. The van der Waals surface area contributed by atoms with Crippen LogP contribution in [0.25, 0.3) is 0 Å². The van der Waals surface area contributed by atoms with Gasteiger partial charge >= 0.3 is 5.97 Å². The maximum absolute atomic E-state index is 11.8. The van der Waals surface area contributed by atoms with Gasteiger partial charge in [0.1, 0.15) is 0 Å². The molecule has 0 bridgehead atoms. The average Bonchev–Trinajstić information content (AvgIpc) is 3.11. The number of carboxylic acid groups (broad SMARTS) is 1. The van der Waals surface area contributed by atoms with Gasteiger partial charge in [-0.1, -0.05) is 26.0 Å². The molecule has 2 N–H and O–H groups in total. The van der Waals surface area contributed by atoms with Crippen LogP contribution in [0.5, 0.6) is 0 Å². The van der Waals surface area contributed by atoms with Crippen LogP contribution in [-0.2, 0) is 16.0 Å². The molecule has 19 heavy (non-hydrogen) atoms. The van der Waals surface area contributed by atoms with Gasteiger partial charge in [-0.15, -0.1) is 0 Å². The Morgan fingerprint density at radius 2 is 1.89 bits per heavy atom. The largest absolute Gasteiger partial charge is 0.481 e. The van der Waals surface area contributed by atoms with Gasteiger partial charge < -0.3 is 10.4 Å². The predicted octanol–water partition coefficient (Wildman–Crippen LogP) is 2.54. The zero-order chi connectivity index (χ0) is 14.0. The van der Waals surface area contributed by atoms with Crippen LogP contribution < -0.4 is 5.32 Å². The molecule has 1 aliphatic carbocycles. The highest BCUT2D eigenvalue weighted by molar-refractivity contribution is 5.98. The Kier molecular flexibility index (Phi) is 3.88. The Labute approximate surface area is 112 Å². The molecule has 0 heterocycles. The van der Waals surface area contributed by atoms with E-state index >= 15 is 0 Å². The van der Waals surface area contributed by atoms with Crippen molar-refractivity contribution in [1.29, 1.82) is 0 Å². The van der Waals surface area contributed by atoms with Crippen molar-refractivity contribution >= 4 is 17.6 Å². The van der Waals surface area contributed by atoms with Crippen LogP contribution in [0.1, 0.15) is 25.8 Å². The minimum absolute atomic E-state index is 0.191. The summed E-state index contributed by atoms with van der Waals surface area (Å²) < 4.78 is 0. The van der Waals surface area contributed by atoms with Crippen molar-refractivity contribution in [3.05, 3.63) is 29.8 Å². The van der Waals surface area contributed by atoms with Gasteiger partial charge in [0.25, 0.3) is 0 Å². The lowest BCUT2D eigenvalue weighted by molar-refractivity contribution is -0.139. The fraction of sp³-hybridized carbons (Fsp3) is 0.467. The minimum atomic E-state index is -0.882. The lowest BCUT2D eigenvalue weighted by Crippen LogP contribution is -2.16. The number of rotatable bonds is 5. The first kappa shape index (κ1) is 13.6. The molecule has 102 valence electrons. The van der Waals surface area contributed by atoms with Crippen molar-refractivity contribution < 1.29 is 14.7 Å². The summed E-state index contributed by atoms with van der Waals surface area (Å²) in [4.78, 5) is 22.5. The summed E-state index contributed by atoms with van der Waals surface area (Å²) in [6.07, 6.45) is 1.46.